The zero-order chi connectivity index (χ0) is 10.7. The maximum absolute atomic E-state index is 12.6. The number of carbonyl (C=O) groups is 1. The van der Waals surface area contributed by atoms with Crippen LogP contribution in [0.1, 0.15) is 24.5 Å². The number of carbonyl (C=O) groups excluding carboxylic acids is 1. The van der Waals surface area contributed by atoms with Gasteiger partial charge in [-0.3, -0.25) is 4.79 Å². The monoisotopic (exact) mass is 310 g/mol. The van der Waals surface area contributed by atoms with Crippen LogP contribution in [0.5, 0.6) is 0 Å². The standard InChI is InChI=1S/C10H9F2IO/c1-6(14)5-7-3-2-4-8(13)9(7)10(11)12/h2-4,10H,5H2,1H3. The van der Waals surface area contributed by atoms with Gasteiger partial charge in [0.2, 0.25) is 0 Å². The molecule has 0 aliphatic rings. The van der Waals surface area contributed by atoms with Crippen LogP contribution >= 0.6 is 22.6 Å². The third kappa shape index (κ3) is 2.73. The number of benzene rings is 1. The predicted octanol–water partition coefficient (Wildman–Crippen LogP) is 3.36. The SMILES string of the molecule is CC(=O)Cc1cccc(I)c1C(F)F. The zero-order valence-corrected chi connectivity index (χ0v) is 9.72. The Labute approximate surface area is 94.6 Å². The fourth-order valence-electron chi connectivity index (χ4n) is 1.25. The highest BCUT2D eigenvalue weighted by molar-refractivity contribution is 14.1. The summed E-state index contributed by atoms with van der Waals surface area (Å²) in [5.74, 6) is -0.103. The largest absolute Gasteiger partial charge is 0.300 e. The van der Waals surface area contributed by atoms with Crippen LogP contribution in [-0.4, -0.2) is 5.78 Å². The molecule has 1 nitrogen and oxygen atoms in total. The topological polar surface area (TPSA) is 17.1 Å². The van der Waals surface area contributed by atoms with Crippen LogP contribution < -0.4 is 0 Å². The third-order valence-corrected chi connectivity index (χ3v) is 2.74. The van der Waals surface area contributed by atoms with Crippen molar-refractivity contribution in [2.45, 2.75) is 19.8 Å². The molecule has 0 saturated carbocycles. The normalized spacial score (nSPS) is 10.6. The first-order valence-electron chi connectivity index (χ1n) is 4.07. The summed E-state index contributed by atoms with van der Waals surface area (Å²) in [4.78, 5) is 10.9. The van der Waals surface area contributed by atoms with Crippen molar-refractivity contribution >= 4 is 28.4 Å². The Kier molecular flexibility index (Phi) is 3.97. The van der Waals surface area contributed by atoms with Crippen LogP contribution in [0.25, 0.3) is 0 Å². The van der Waals surface area contributed by atoms with E-state index in [9.17, 15) is 13.6 Å². The summed E-state index contributed by atoms with van der Waals surface area (Å²) >= 11 is 1.86. The molecule has 0 amide bonds. The van der Waals surface area contributed by atoms with E-state index in [0.717, 1.165) is 0 Å². The van der Waals surface area contributed by atoms with Crippen molar-refractivity contribution < 1.29 is 13.6 Å². The second-order valence-corrected chi connectivity index (χ2v) is 4.15. The molecule has 14 heavy (non-hydrogen) atoms. The average molecular weight is 310 g/mol. The van der Waals surface area contributed by atoms with E-state index in [4.69, 9.17) is 0 Å². The minimum atomic E-state index is -2.52. The van der Waals surface area contributed by atoms with Crippen molar-refractivity contribution in [3.8, 4) is 0 Å². The van der Waals surface area contributed by atoms with Crippen molar-refractivity contribution in [3.05, 3.63) is 32.9 Å². The maximum Gasteiger partial charge on any atom is 0.265 e. The molecule has 0 N–H and O–H groups in total. The molecule has 1 rings (SSSR count). The Hall–Kier alpha value is -0.520. The molecule has 0 bridgehead atoms. The smallest absolute Gasteiger partial charge is 0.265 e. The highest BCUT2D eigenvalue weighted by Gasteiger charge is 2.16. The van der Waals surface area contributed by atoms with Crippen LogP contribution in [0.15, 0.2) is 18.2 Å². The Morgan fingerprint density at radius 2 is 2.14 bits per heavy atom. The quantitative estimate of drug-likeness (QED) is 0.783. The molecule has 0 heterocycles. The first-order chi connectivity index (χ1) is 6.52. The molecular formula is C10H9F2IO. The van der Waals surface area contributed by atoms with Crippen LogP contribution in [-0.2, 0) is 11.2 Å². The van der Waals surface area contributed by atoms with Crippen LogP contribution in [0.3, 0.4) is 0 Å². The molecule has 0 aliphatic carbocycles. The lowest BCUT2D eigenvalue weighted by Gasteiger charge is -2.09. The second-order valence-electron chi connectivity index (χ2n) is 2.99. The lowest BCUT2D eigenvalue weighted by molar-refractivity contribution is -0.116. The number of Topliss-reactive ketones (excluding diaryl/α,β-unsaturated/α-hetero) is 1. The highest BCUT2D eigenvalue weighted by atomic mass is 127. The number of hydrogen-bond acceptors (Lipinski definition) is 1. The predicted molar refractivity (Wildman–Crippen MR) is 58.5 cm³/mol. The summed E-state index contributed by atoms with van der Waals surface area (Å²) < 4.78 is 25.8. The summed E-state index contributed by atoms with van der Waals surface area (Å²) in [5.41, 5.74) is 0.419. The number of ketones is 1. The van der Waals surface area contributed by atoms with Gasteiger partial charge in [-0.05, 0) is 41.1 Å². The molecule has 4 heteroatoms. The molecule has 1 aromatic rings. The summed E-state index contributed by atoms with van der Waals surface area (Å²) in [7, 11) is 0. The Morgan fingerprint density at radius 3 is 2.64 bits per heavy atom. The minimum absolute atomic E-state index is 0.0108. The van der Waals surface area contributed by atoms with Crippen LogP contribution in [0.4, 0.5) is 8.78 Å². The number of alkyl halides is 2. The van der Waals surface area contributed by atoms with Crippen molar-refractivity contribution in [2.24, 2.45) is 0 Å². The van der Waals surface area contributed by atoms with Gasteiger partial charge in [-0.2, -0.15) is 0 Å². The summed E-state index contributed by atoms with van der Waals surface area (Å²) in [6.07, 6.45) is -2.44. The van der Waals surface area contributed by atoms with E-state index in [-0.39, 0.29) is 17.8 Å². The summed E-state index contributed by atoms with van der Waals surface area (Å²) in [5, 5.41) is 0. The van der Waals surface area contributed by atoms with Crippen LogP contribution in [0, 0.1) is 3.57 Å². The molecule has 0 fully saturated rings. The van der Waals surface area contributed by atoms with Crippen LogP contribution in [0.2, 0.25) is 0 Å². The first kappa shape index (κ1) is 11.6. The maximum atomic E-state index is 12.6. The Bertz CT molecular complexity index is 350. The van der Waals surface area contributed by atoms with Gasteiger partial charge in [0.1, 0.15) is 5.78 Å². The van der Waals surface area contributed by atoms with Gasteiger partial charge >= 0.3 is 0 Å². The van der Waals surface area contributed by atoms with Gasteiger partial charge in [-0.1, -0.05) is 12.1 Å². The van der Waals surface area contributed by atoms with Gasteiger partial charge < -0.3 is 0 Å². The van der Waals surface area contributed by atoms with Gasteiger partial charge in [0, 0.05) is 15.6 Å². The lowest BCUT2D eigenvalue weighted by atomic mass is 10.0. The number of halogens is 3. The van der Waals surface area contributed by atoms with Gasteiger partial charge in [0.05, 0.1) is 0 Å². The molecule has 0 saturated heterocycles. The van der Waals surface area contributed by atoms with Crippen molar-refractivity contribution in [2.75, 3.05) is 0 Å². The van der Waals surface area contributed by atoms with E-state index in [0.29, 0.717) is 9.13 Å². The van der Waals surface area contributed by atoms with E-state index in [1.54, 1.807) is 18.2 Å². The molecular weight excluding hydrogens is 301 g/mol. The molecule has 0 aromatic heterocycles. The molecule has 1 aromatic carbocycles. The third-order valence-electron chi connectivity index (χ3n) is 1.80. The molecule has 76 valence electrons. The lowest BCUT2D eigenvalue weighted by Crippen LogP contribution is -2.03. The summed E-state index contributed by atoms with van der Waals surface area (Å²) in [6.45, 7) is 1.40. The van der Waals surface area contributed by atoms with Gasteiger partial charge in [-0.25, -0.2) is 8.78 Å². The van der Waals surface area contributed by atoms with Gasteiger partial charge in [0.15, 0.2) is 0 Å². The zero-order valence-electron chi connectivity index (χ0n) is 7.56. The van der Waals surface area contributed by atoms with Gasteiger partial charge in [-0.15, -0.1) is 0 Å². The molecule has 0 unspecified atom stereocenters. The Morgan fingerprint density at radius 1 is 1.50 bits per heavy atom. The number of hydrogen-bond donors (Lipinski definition) is 0. The second kappa shape index (κ2) is 4.82. The van der Waals surface area contributed by atoms with E-state index < -0.39 is 6.43 Å². The van der Waals surface area contributed by atoms with E-state index in [1.807, 2.05) is 22.6 Å². The summed E-state index contributed by atoms with van der Waals surface area (Å²) in [6, 6.07) is 4.88. The highest BCUT2D eigenvalue weighted by Crippen LogP contribution is 2.28. The fraction of sp³-hybridized carbons (Fsp3) is 0.300. The Balaban J connectivity index is 3.14. The molecule has 0 radical (unpaired) electrons. The van der Waals surface area contributed by atoms with Crippen molar-refractivity contribution in [3.63, 3.8) is 0 Å². The van der Waals surface area contributed by atoms with E-state index in [1.165, 1.54) is 6.92 Å². The van der Waals surface area contributed by atoms with E-state index >= 15 is 0 Å². The van der Waals surface area contributed by atoms with E-state index in [2.05, 4.69) is 0 Å². The minimum Gasteiger partial charge on any atom is -0.300 e. The van der Waals surface area contributed by atoms with Gasteiger partial charge in [0.25, 0.3) is 6.43 Å². The van der Waals surface area contributed by atoms with Crippen molar-refractivity contribution in [1.82, 2.24) is 0 Å². The first-order valence-corrected chi connectivity index (χ1v) is 5.15. The molecule has 0 atom stereocenters. The number of rotatable bonds is 3. The fourth-order valence-corrected chi connectivity index (χ4v) is 2.04. The molecule has 0 spiro atoms. The average Bonchev–Trinajstić information content (AvgIpc) is 2.01. The molecule has 0 aliphatic heterocycles. The van der Waals surface area contributed by atoms with Crippen molar-refractivity contribution in [1.29, 1.82) is 0 Å².